The van der Waals surface area contributed by atoms with Crippen LogP contribution in [0.5, 0.6) is 0 Å². The SMILES string of the molecule is CC(C)COC(=O)c1ccccc1-c1ccccc1C(=O)OCC(C)C. The summed E-state index contributed by atoms with van der Waals surface area (Å²) in [4.78, 5) is 25.0. The second-order valence-corrected chi connectivity index (χ2v) is 7.08. The van der Waals surface area contributed by atoms with Gasteiger partial charge in [0.25, 0.3) is 0 Å². The van der Waals surface area contributed by atoms with Crippen molar-refractivity contribution in [3.63, 3.8) is 0 Å². The Labute approximate surface area is 155 Å². The van der Waals surface area contributed by atoms with E-state index in [1.54, 1.807) is 24.3 Å². The Morgan fingerprint density at radius 1 is 0.692 bits per heavy atom. The van der Waals surface area contributed by atoms with Crippen molar-refractivity contribution in [3.05, 3.63) is 59.7 Å². The van der Waals surface area contributed by atoms with Crippen molar-refractivity contribution in [1.82, 2.24) is 0 Å². The van der Waals surface area contributed by atoms with Crippen LogP contribution in [0.4, 0.5) is 0 Å². The molecule has 26 heavy (non-hydrogen) atoms. The Morgan fingerprint density at radius 2 is 1.04 bits per heavy atom. The molecule has 2 aromatic rings. The van der Waals surface area contributed by atoms with Crippen molar-refractivity contribution in [2.24, 2.45) is 11.8 Å². The fourth-order valence-corrected chi connectivity index (χ4v) is 2.43. The molecule has 138 valence electrons. The van der Waals surface area contributed by atoms with E-state index in [1.807, 2.05) is 52.0 Å². The number of rotatable bonds is 7. The molecule has 4 nitrogen and oxygen atoms in total. The molecule has 0 bridgehead atoms. The summed E-state index contributed by atoms with van der Waals surface area (Å²) in [6.45, 7) is 8.65. The van der Waals surface area contributed by atoms with Gasteiger partial charge in [0.1, 0.15) is 0 Å². The van der Waals surface area contributed by atoms with Crippen molar-refractivity contribution in [3.8, 4) is 11.1 Å². The minimum absolute atomic E-state index is 0.254. The predicted octanol–water partition coefficient (Wildman–Crippen LogP) is 4.98. The summed E-state index contributed by atoms with van der Waals surface area (Å²) in [6, 6.07) is 14.3. The van der Waals surface area contributed by atoms with Crippen LogP contribution < -0.4 is 0 Å². The minimum Gasteiger partial charge on any atom is -0.462 e. The molecule has 0 radical (unpaired) electrons. The number of carbonyl (C=O) groups excluding carboxylic acids is 2. The normalized spacial score (nSPS) is 10.8. The molecule has 2 aromatic carbocycles. The molecule has 0 aromatic heterocycles. The van der Waals surface area contributed by atoms with Crippen molar-refractivity contribution in [2.45, 2.75) is 27.7 Å². The molecule has 4 heteroatoms. The Kier molecular flexibility index (Phi) is 6.96. The van der Waals surface area contributed by atoms with Crippen molar-refractivity contribution in [1.29, 1.82) is 0 Å². The maximum absolute atomic E-state index is 12.5. The summed E-state index contributed by atoms with van der Waals surface area (Å²) in [5.74, 6) is -0.270. The molecule has 0 fully saturated rings. The second kappa shape index (κ2) is 9.18. The highest BCUT2D eigenvalue weighted by molar-refractivity contribution is 6.03. The molecular weight excluding hydrogens is 328 g/mol. The van der Waals surface area contributed by atoms with Gasteiger partial charge in [-0.15, -0.1) is 0 Å². The van der Waals surface area contributed by atoms with Gasteiger partial charge in [0, 0.05) is 0 Å². The first kappa shape index (κ1) is 19.7. The van der Waals surface area contributed by atoms with Gasteiger partial charge in [-0.1, -0.05) is 64.1 Å². The zero-order valence-electron chi connectivity index (χ0n) is 15.8. The Bertz CT molecular complexity index is 697. The smallest absolute Gasteiger partial charge is 0.338 e. The summed E-state index contributed by atoms with van der Waals surface area (Å²) >= 11 is 0. The number of ether oxygens (including phenoxy) is 2. The van der Waals surface area contributed by atoms with Gasteiger partial charge in [-0.3, -0.25) is 0 Å². The third-order valence-corrected chi connectivity index (χ3v) is 3.68. The van der Waals surface area contributed by atoms with Gasteiger partial charge in [-0.05, 0) is 35.1 Å². The van der Waals surface area contributed by atoms with Crippen LogP contribution in [0.1, 0.15) is 48.4 Å². The van der Waals surface area contributed by atoms with Gasteiger partial charge in [0.2, 0.25) is 0 Å². The lowest BCUT2D eigenvalue weighted by atomic mass is 9.95. The standard InChI is InChI=1S/C22H26O4/c1-15(2)13-25-21(23)19-11-7-5-9-17(19)18-10-6-8-12-20(18)22(24)26-14-16(3)4/h5-12,15-16H,13-14H2,1-4H3. The summed E-state index contributed by atoms with van der Waals surface area (Å²) < 4.78 is 10.8. The minimum atomic E-state index is -0.389. The number of carbonyl (C=O) groups is 2. The molecule has 0 spiro atoms. The van der Waals surface area contributed by atoms with Gasteiger partial charge < -0.3 is 9.47 Å². The molecule has 0 aliphatic rings. The first-order chi connectivity index (χ1) is 12.4. The van der Waals surface area contributed by atoms with Crippen LogP contribution in [0, 0.1) is 11.8 Å². The van der Waals surface area contributed by atoms with Gasteiger partial charge in [-0.25, -0.2) is 9.59 Å². The number of esters is 2. The molecule has 2 rings (SSSR count). The predicted molar refractivity (Wildman–Crippen MR) is 102 cm³/mol. The molecule has 0 aliphatic carbocycles. The first-order valence-electron chi connectivity index (χ1n) is 8.92. The quantitative estimate of drug-likeness (QED) is 0.658. The van der Waals surface area contributed by atoms with E-state index in [9.17, 15) is 9.59 Å². The van der Waals surface area contributed by atoms with Crippen LogP contribution in [0.25, 0.3) is 11.1 Å². The van der Waals surface area contributed by atoms with Crippen LogP contribution in [-0.4, -0.2) is 25.2 Å². The lowest BCUT2D eigenvalue weighted by Crippen LogP contribution is -2.13. The number of hydrogen-bond acceptors (Lipinski definition) is 4. The molecule has 0 atom stereocenters. The first-order valence-corrected chi connectivity index (χ1v) is 8.92. The molecule has 0 heterocycles. The number of hydrogen-bond donors (Lipinski definition) is 0. The molecule has 0 amide bonds. The van der Waals surface area contributed by atoms with Gasteiger partial charge in [-0.2, -0.15) is 0 Å². The zero-order valence-corrected chi connectivity index (χ0v) is 15.8. The third kappa shape index (κ3) is 5.19. The van der Waals surface area contributed by atoms with Crippen LogP contribution in [0.3, 0.4) is 0 Å². The highest BCUT2D eigenvalue weighted by Gasteiger charge is 2.20. The van der Waals surface area contributed by atoms with E-state index in [0.29, 0.717) is 35.5 Å². The Balaban J connectivity index is 2.37. The van der Waals surface area contributed by atoms with E-state index in [4.69, 9.17) is 9.47 Å². The molecule has 0 aliphatic heterocycles. The van der Waals surface area contributed by atoms with Gasteiger partial charge in [0.15, 0.2) is 0 Å². The maximum Gasteiger partial charge on any atom is 0.338 e. The van der Waals surface area contributed by atoms with Gasteiger partial charge in [0.05, 0.1) is 24.3 Å². The van der Waals surface area contributed by atoms with Crippen LogP contribution >= 0.6 is 0 Å². The monoisotopic (exact) mass is 354 g/mol. The third-order valence-electron chi connectivity index (χ3n) is 3.68. The molecule has 0 saturated carbocycles. The fraction of sp³-hybridized carbons (Fsp3) is 0.364. The van der Waals surface area contributed by atoms with Gasteiger partial charge >= 0.3 is 11.9 Å². The summed E-state index contributed by atoms with van der Waals surface area (Å²) in [5, 5.41) is 0. The van der Waals surface area contributed by atoms with Crippen LogP contribution in [0.2, 0.25) is 0 Å². The average molecular weight is 354 g/mol. The van der Waals surface area contributed by atoms with E-state index in [1.165, 1.54) is 0 Å². The highest BCUT2D eigenvalue weighted by atomic mass is 16.5. The fourth-order valence-electron chi connectivity index (χ4n) is 2.43. The van der Waals surface area contributed by atoms with Crippen molar-refractivity contribution < 1.29 is 19.1 Å². The number of benzene rings is 2. The summed E-state index contributed by atoms with van der Waals surface area (Å²) in [7, 11) is 0. The summed E-state index contributed by atoms with van der Waals surface area (Å²) in [5.41, 5.74) is 2.21. The maximum atomic E-state index is 12.5. The van der Waals surface area contributed by atoms with E-state index >= 15 is 0 Å². The lowest BCUT2D eigenvalue weighted by Gasteiger charge is -2.14. The molecule has 0 saturated heterocycles. The second-order valence-electron chi connectivity index (χ2n) is 7.08. The van der Waals surface area contributed by atoms with E-state index in [-0.39, 0.29) is 23.8 Å². The van der Waals surface area contributed by atoms with E-state index in [2.05, 4.69) is 0 Å². The molecule has 0 unspecified atom stereocenters. The van der Waals surface area contributed by atoms with Crippen molar-refractivity contribution >= 4 is 11.9 Å². The van der Waals surface area contributed by atoms with E-state index in [0.717, 1.165) is 0 Å². The average Bonchev–Trinajstić information content (AvgIpc) is 2.64. The van der Waals surface area contributed by atoms with E-state index < -0.39 is 0 Å². The van der Waals surface area contributed by atoms with Crippen LogP contribution in [-0.2, 0) is 9.47 Å². The zero-order chi connectivity index (χ0) is 19.1. The topological polar surface area (TPSA) is 52.6 Å². The molecule has 0 N–H and O–H groups in total. The van der Waals surface area contributed by atoms with Crippen molar-refractivity contribution in [2.75, 3.05) is 13.2 Å². The Hall–Kier alpha value is -2.62. The molecular formula is C22H26O4. The Morgan fingerprint density at radius 3 is 1.38 bits per heavy atom. The largest absolute Gasteiger partial charge is 0.462 e. The highest BCUT2D eigenvalue weighted by Crippen LogP contribution is 2.28. The van der Waals surface area contributed by atoms with Crippen LogP contribution in [0.15, 0.2) is 48.5 Å². The lowest BCUT2D eigenvalue weighted by molar-refractivity contribution is 0.0449. The summed E-state index contributed by atoms with van der Waals surface area (Å²) in [6.07, 6.45) is 0.